The van der Waals surface area contributed by atoms with Crippen LogP contribution in [0.15, 0.2) is 11.6 Å². The van der Waals surface area contributed by atoms with E-state index in [4.69, 9.17) is 4.74 Å². The summed E-state index contributed by atoms with van der Waals surface area (Å²) in [7, 11) is 0. The first-order valence-corrected chi connectivity index (χ1v) is 15.6. The Hall–Kier alpha value is -1.16. The number of hydrogen-bond donors (Lipinski definition) is 1. The topological polar surface area (TPSA) is 63.6 Å². The minimum atomic E-state index is -0.230. The van der Waals surface area contributed by atoms with Gasteiger partial charge in [-0.3, -0.25) is 9.59 Å². The first kappa shape index (κ1) is 27.4. The van der Waals surface area contributed by atoms with Crippen LogP contribution >= 0.6 is 0 Å². The Morgan fingerprint density at radius 3 is 2.38 bits per heavy atom. The lowest BCUT2D eigenvalue weighted by atomic mass is 9.38. The van der Waals surface area contributed by atoms with Gasteiger partial charge in [0.2, 0.25) is 0 Å². The van der Waals surface area contributed by atoms with Crippen LogP contribution in [-0.4, -0.2) is 29.6 Å². The third-order valence-electron chi connectivity index (χ3n) is 13.0. The van der Waals surface area contributed by atoms with Gasteiger partial charge < -0.3 is 9.84 Å². The maximum atomic E-state index is 14.1. The Morgan fingerprint density at radius 1 is 1.00 bits per heavy atom. The molecule has 208 valence electrons. The highest BCUT2D eigenvalue weighted by molar-refractivity contribution is 5.95. The lowest BCUT2D eigenvalue weighted by Gasteiger charge is -2.65. The SMILES string of the molecule is CCC(CC)COC(=O)C1CC[C@]2(C)CCC3C(=CC(=O)C4[C@@]3(C)CCC3[C@@H](C)C(O)CC[C@@]34C)C2C1. The summed E-state index contributed by atoms with van der Waals surface area (Å²) in [6, 6.07) is 0. The molecule has 1 N–H and O–H groups in total. The van der Waals surface area contributed by atoms with Gasteiger partial charge in [0.25, 0.3) is 0 Å². The molecular weight excluding hydrogens is 460 g/mol. The van der Waals surface area contributed by atoms with E-state index < -0.39 is 0 Å². The lowest BCUT2D eigenvalue weighted by Crippen LogP contribution is -2.61. The summed E-state index contributed by atoms with van der Waals surface area (Å²) in [5, 5.41) is 10.6. The molecule has 10 atom stereocenters. The van der Waals surface area contributed by atoms with E-state index in [1.807, 2.05) is 0 Å². The molecule has 6 unspecified atom stereocenters. The Labute approximate surface area is 225 Å². The lowest BCUT2D eigenvalue weighted by molar-refractivity contribution is -0.169. The van der Waals surface area contributed by atoms with E-state index in [0.29, 0.717) is 36.1 Å². The van der Waals surface area contributed by atoms with Gasteiger partial charge in [-0.2, -0.15) is 0 Å². The van der Waals surface area contributed by atoms with Crippen molar-refractivity contribution in [3.63, 3.8) is 0 Å². The summed E-state index contributed by atoms with van der Waals surface area (Å²) in [6.45, 7) is 14.3. The summed E-state index contributed by atoms with van der Waals surface area (Å²) in [5.74, 6) is 2.23. The Bertz CT molecular complexity index is 935. The van der Waals surface area contributed by atoms with Crippen LogP contribution in [0.4, 0.5) is 0 Å². The molecule has 4 saturated carbocycles. The number of aliphatic hydroxyl groups is 1. The average molecular weight is 513 g/mol. The molecule has 37 heavy (non-hydrogen) atoms. The molecule has 0 aliphatic heterocycles. The number of esters is 1. The number of rotatable bonds is 5. The molecular formula is C33H52O4. The van der Waals surface area contributed by atoms with Gasteiger partial charge in [0.15, 0.2) is 5.78 Å². The van der Waals surface area contributed by atoms with Gasteiger partial charge >= 0.3 is 5.97 Å². The normalized spacial score (nSPS) is 47.3. The van der Waals surface area contributed by atoms with Crippen molar-refractivity contribution in [2.75, 3.05) is 6.61 Å². The summed E-state index contributed by atoms with van der Waals surface area (Å²) >= 11 is 0. The maximum Gasteiger partial charge on any atom is 0.308 e. The monoisotopic (exact) mass is 512 g/mol. The fourth-order valence-electron chi connectivity index (χ4n) is 10.4. The van der Waals surface area contributed by atoms with E-state index in [-0.39, 0.29) is 46.1 Å². The number of fused-ring (bicyclic) bond motifs is 7. The van der Waals surface area contributed by atoms with Gasteiger partial charge in [0.1, 0.15) is 0 Å². The standard InChI is InChI=1S/C33H52O4/c1-7-21(8-2)19-37-30(36)22-9-13-31(4)14-10-25-23(26(31)17-22)18-28(35)29-32(5)16-12-27(34)20(3)24(32)11-15-33(25,29)6/h18,20-22,24-27,29,34H,7-17,19H2,1-6H3/t20-,22?,24?,25?,26?,27?,29?,31-,32+,33+/m1/s1. The van der Waals surface area contributed by atoms with Crippen molar-refractivity contribution < 1.29 is 19.4 Å². The van der Waals surface area contributed by atoms with Gasteiger partial charge in [0.05, 0.1) is 18.6 Å². The van der Waals surface area contributed by atoms with E-state index in [0.717, 1.165) is 57.8 Å². The van der Waals surface area contributed by atoms with E-state index in [9.17, 15) is 14.7 Å². The second-order valence-electron chi connectivity index (χ2n) is 14.7. The Morgan fingerprint density at radius 2 is 1.68 bits per heavy atom. The van der Waals surface area contributed by atoms with E-state index >= 15 is 0 Å². The van der Waals surface area contributed by atoms with Crippen molar-refractivity contribution in [3.8, 4) is 0 Å². The third-order valence-corrected chi connectivity index (χ3v) is 13.0. The van der Waals surface area contributed by atoms with E-state index in [1.165, 1.54) is 18.4 Å². The van der Waals surface area contributed by atoms with Crippen LogP contribution < -0.4 is 0 Å². The first-order valence-electron chi connectivity index (χ1n) is 15.6. The van der Waals surface area contributed by atoms with Crippen molar-refractivity contribution in [3.05, 3.63) is 11.6 Å². The first-order chi connectivity index (χ1) is 17.5. The maximum absolute atomic E-state index is 14.1. The molecule has 5 aliphatic rings. The fourth-order valence-corrected chi connectivity index (χ4v) is 10.4. The molecule has 0 radical (unpaired) electrons. The number of carbonyl (C=O) groups excluding carboxylic acids is 2. The smallest absolute Gasteiger partial charge is 0.308 e. The fraction of sp³-hybridized carbons (Fsp3) is 0.879. The van der Waals surface area contributed by atoms with Crippen molar-refractivity contribution in [1.82, 2.24) is 0 Å². The molecule has 5 rings (SSSR count). The number of ketones is 1. The molecule has 4 heteroatoms. The predicted molar refractivity (Wildman–Crippen MR) is 147 cm³/mol. The zero-order valence-corrected chi connectivity index (χ0v) is 24.4. The van der Waals surface area contributed by atoms with Gasteiger partial charge in [-0.05, 0) is 110 Å². The zero-order valence-electron chi connectivity index (χ0n) is 24.4. The molecule has 0 heterocycles. The van der Waals surface area contributed by atoms with Crippen molar-refractivity contribution in [1.29, 1.82) is 0 Å². The number of aliphatic hydroxyl groups excluding tert-OH is 1. The highest BCUT2D eigenvalue weighted by Gasteiger charge is 2.64. The van der Waals surface area contributed by atoms with Crippen LogP contribution in [0.2, 0.25) is 0 Å². The summed E-state index contributed by atoms with van der Waals surface area (Å²) in [5.41, 5.74) is 1.52. The van der Waals surface area contributed by atoms with Crippen LogP contribution in [-0.2, 0) is 14.3 Å². The molecule has 0 bridgehead atoms. The van der Waals surface area contributed by atoms with Gasteiger partial charge in [-0.25, -0.2) is 0 Å². The van der Waals surface area contributed by atoms with Gasteiger partial charge in [-0.1, -0.05) is 60.0 Å². The number of ether oxygens (including phenoxy) is 1. The largest absolute Gasteiger partial charge is 0.465 e. The Balaban J connectivity index is 1.42. The summed E-state index contributed by atoms with van der Waals surface area (Å²) in [6.07, 6.45) is 13.1. The molecule has 4 fully saturated rings. The van der Waals surface area contributed by atoms with Crippen molar-refractivity contribution in [2.45, 2.75) is 118 Å². The minimum absolute atomic E-state index is 0.00864. The third kappa shape index (κ3) is 4.27. The second kappa shape index (κ2) is 9.79. The highest BCUT2D eigenvalue weighted by Crippen LogP contribution is 2.69. The van der Waals surface area contributed by atoms with Gasteiger partial charge in [-0.15, -0.1) is 0 Å². The van der Waals surface area contributed by atoms with Crippen LogP contribution in [0.1, 0.15) is 112 Å². The average Bonchev–Trinajstić information content (AvgIpc) is 2.86. The molecule has 0 aromatic heterocycles. The second-order valence-corrected chi connectivity index (χ2v) is 14.7. The highest BCUT2D eigenvalue weighted by atomic mass is 16.5. The zero-order chi connectivity index (χ0) is 26.8. The van der Waals surface area contributed by atoms with E-state index in [1.54, 1.807) is 0 Å². The number of allylic oxidation sites excluding steroid dienone is 2. The van der Waals surface area contributed by atoms with E-state index in [2.05, 4.69) is 47.6 Å². The van der Waals surface area contributed by atoms with Crippen LogP contribution in [0.25, 0.3) is 0 Å². The Kier molecular flexibility index (Phi) is 7.25. The molecule has 0 aromatic carbocycles. The van der Waals surface area contributed by atoms with Crippen LogP contribution in [0.3, 0.4) is 0 Å². The van der Waals surface area contributed by atoms with Gasteiger partial charge in [0, 0.05) is 5.92 Å². The summed E-state index contributed by atoms with van der Waals surface area (Å²) in [4.78, 5) is 27.3. The molecule has 0 aromatic rings. The molecule has 0 saturated heterocycles. The molecule has 5 aliphatic carbocycles. The molecule has 0 spiro atoms. The number of carbonyl (C=O) groups is 2. The van der Waals surface area contributed by atoms with Crippen molar-refractivity contribution in [2.24, 2.45) is 57.7 Å². The van der Waals surface area contributed by atoms with Crippen LogP contribution in [0, 0.1) is 57.7 Å². The quantitative estimate of drug-likeness (QED) is 0.398. The number of hydrogen-bond acceptors (Lipinski definition) is 4. The van der Waals surface area contributed by atoms with Crippen LogP contribution in [0.5, 0.6) is 0 Å². The minimum Gasteiger partial charge on any atom is -0.465 e. The predicted octanol–water partition coefficient (Wildman–Crippen LogP) is 7.14. The molecule has 4 nitrogen and oxygen atoms in total. The molecule has 0 amide bonds. The summed E-state index contributed by atoms with van der Waals surface area (Å²) < 4.78 is 5.85. The van der Waals surface area contributed by atoms with Crippen molar-refractivity contribution >= 4 is 11.8 Å².